The maximum absolute atomic E-state index is 13.3. The van der Waals surface area contributed by atoms with Crippen LogP contribution in [0.1, 0.15) is 128 Å². The first-order valence-electron chi connectivity index (χ1n) is 16.7. The van der Waals surface area contributed by atoms with Gasteiger partial charge < -0.3 is 0 Å². The second-order valence-electron chi connectivity index (χ2n) is 16.5. The summed E-state index contributed by atoms with van der Waals surface area (Å²) in [6.07, 6.45) is 12.1. The molecule has 5 heteroatoms. The highest BCUT2D eigenvalue weighted by Crippen LogP contribution is 2.67. The minimum Gasteiger partial charge on any atom is -0.295 e. The molecule has 0 aromatic heterocycles. The lowest BCUT2D eigenvalue weighted by Crippen LogP contribution is -2.56. The highest BCUT2D eigenvalue weighted by molar-refractivity contribution is 7.97. The summed E-state index contributed by atoms with van der Waals surface area (Å²) in [5.74, 6) is -0.0187. The molecule has 3 rings (SSSR count). The Balaban J connectivity index is 1.98. The normalized spacial score (nSPS) is 27.7. The lowest BCUT2D eigenvalue weighted by atomic mass is 9.42. The third-order valence-corrected chi connectivity index (χ3v) is 12.8. The van der Waals surface area contributed by atoms with Crippen LogP contribution in [-0.4, -0.2) is 17.1 Å². The number of Topliss-reactive ketones (excluding diaryl/α,β-unsaturated/α-hetero) is 1. The van der Waals surface area contributed by atoms with Gasteiger partial charge in [-0.15, -0.1) is 0 Å². The van der Waals surface area contributed by atoms with Crippen LogP contribution in [0, 0.1) is 44.3 Å². The minimum absolute atomic E-state index is 0.0226. The molecular weight excluding hydrogens is 561 g/mol. The molecular formula is C39H58N2O2S. The van der Waals surface area contributed by atoms with E-state index in [1.54, 1.807) is 18.9 Å². The van der Waals surface area contributed by atoms with Crippen LogP contribution in [0.15, 0.2) is 58.5 Å². The average Bonchev–Trinajstić information content (AvgIpc) is 2.94. The van der Waals surface area contributed by atoms with Crippen molar-refractivity contribution < 1.29 is 9.59 Å². The van der Waals surface area contributed by atoms with Gasteiger partial charge in [-0.2, -0.15) is 5.26 Å². The number of benzene rings is 1. The van der Waals surface area contributed by atoms with E-state index in [0.29, 0.717) is 0 Å². The van der Waals surface area contributed by atoms with E-state index in [4.69, 9.17) is 0 Å². The van der Waals surface area contributed by atoms with Gasteiger partial charge in [-0.05, 0) is 111 Å². The smallest absolute Gasteiger partial charge is 0.178 e. The van der Waals surface area contributed by atoms with Crippen LogP contribution in [0.5, 0.6) is 0 Å². The largest absolute Gasteiger partial charge is 0.295 e. The molecule has 4 nitrogen and oxygen atoms in total. The molecule has 0 unspecified atom stereocenters. The summed E-state index contributed by atoms with van der Waals surface area (Å²) in [7, 11) is 0. The molecule has 0 amide bonds. The maximum Gasteiger partial charge on any atom is 0.178 e. The van der Waals surface area contributed by atoms with Crippen molar-refractivity contribution >= 4 is 23.5 Å². The van der Waals surface area contributed by atoms with Gasteiger partial charge in [0.05, 0.1) is 5.57 Å². The Kier molecular flexibility index (Phi) is 11.0. The van der Waals surface area contributed by atoms with Crippen LogP contribution in [0.2, 0.25) is 0 Å². The van der Waals surface area contributed by atoms with E-state index in [2.05, 4.69) is 96.5 Å². The molecule has 0 bridgehead atoms. The molecule has 1 aromatic carbocycles. The summed E-state index contributed by atoms with van der Waals surface area (Å²) in [6.45, 7) is 24.3. The summed E-state index contributed by atoms with van der Waals surface area (Å²) in [5, 5.41) is 9.97. The van der Waals surface area contributed by atoms with Crippen molar-refractivity contribution in [1.29, 1.82) is 5.26 Å². The summed E-state index contributed by atoms with van der Waals surface area (Å²) in [4.78, 5) is 27.4. The number of fused-ring (bicyclic) bond motifs is 1. The van der Waals surface area contributed by atoms with Crippen molar-refractivity contribution in [2.24, 2.45) is 33.0 Å². The van der Waals surface area contributed by atoms with Crippen molar-refractivity contribution in [3.8, 4) is 6.07 Å². The molecule has 2 aliphatic carbocycles. The van der Waals surface area contributed by atoms with E-state index >= 15 is 0 Å². The van der Waals surface area contributed by atoms with Gasteiger partial charge in [-0.25, -0.2) is 0 Å². The number of nitrogens with one attached hydrogen (secondary N) is 1. The van der Waals surface area contributed by atoms with E-state index in [0.717, 1.165) is 44.1 Å². The van der Waals surface area contributed by atoms with E-state index < -0.39 is 10.8 Å². The Hall–Kier alpha value is -2.16. The molecule has 0 radical (unpaired) electrons. The van der Waals surface area contributed by atoms with Gasteiger partial charge in [0.2, 0.25) is 0 Å². The number of nitrogens with zero attached hydrogens (tertiary/aromatic N) is 1. The van der Waals surface area contributed by atoms with Crippen LogP contribution in [0.3, 0.4) is 0 Å². The first-order valence-corrected chi connectivity index (χ1v) is 17.5. The summed E-state index contributed by atoms with van der Waals surface area (Å²) in [6, 6.07) is 12.7. The van der Waals surface area contributed by atoms with Crippen molar-refractivity contribution in [3.05, 3.63) is 53.6 Å². The molecule has 1 N–H and O–H groups in total. The molecule has 1 saturated carbocycles. The SMILES string of the molecule is CCCC(C)(C)CC[C@@](C)(CCC(C)(C)[C@]1(C)CC[C@H]2C(C)(C)C(=O)C(C#N)=C[C@]2(C)/C1=C/C(C)=O)NSc1ccccc1. The molecule has 44 heavy (non-hydrogen) atoms. The van der Waals surface area contributed by atoms with E-state index in [1.165, 1.54) is 17.7 Å². The molecule has 4 atom stereocenters. The highest BCUT2D eigenvalue weighted by atomic mass is 32.2. The Bertz CT molecular complexity index is 1320. The predicted molar refractivity (Wildman–Crippen MR) is 185 cm³/mol. The topological polar surface area (TPSA) is 70.0 Å². The van der Waals surface area contributed by atoms with Gasteiger partial charge >= 0.3 is 0 Å². The Morgan fingerprint density at radius 1 is 1.02 bits per heavy atom. The Morgan fingerprint density at radius 2 is 1.64 bits per heavy atom. The molecule has 0 heterocycles. The summed E-state index contributed by atoms with van der Waals surface area (Å²) in [5.41, 5.74) is -0.125. The van der Waals surface area contributed by atoms with Crippen LogP contribution in [-0.2, 0) is 9.59 Å². The monoisotopic (exact) mass is 618 g/mol. The lowest BCUT2D eigenvalue weighted by molar-refractivity contribution is -0.131. The molecule has 242 valence electrons. The Labute approximate surface area is 273 Å². The third kappa shape index (κ3) is 7.45. The Morgan fingerprint density at radius 3 is 2.20 bits per heavy atom. The quantitative estimate of drug-likeness (QED) is 0.176. The highest BCUT2D eigenvalue weighted by Gasteiger charge is 2.61. The molecule has 0 aliphatic heterocycles. The van der Waals surface area contributed by atoms with Crippen molar-refractivity contribution in [2.75, 3.05) is 0 Å². The number of ketones is 2. The fourth-order valence-electron chi connectivity index (χ4n) is 8.29. The number of nitriles is 1. The standard InChI is InChI=1S/C39H58N2O2S/c1-12-19-34(3,4)21-23-37(9,41-44-30-16-14-13-15-17-30)24-22-35(5,6)39(11)20-18-31-36(7,8)33(43)29(27-40)26-38(31,10)32(39)25-28(2)42/h13-17,25-26,31,41H,12,18-24H2,1-11H3/b32-25-/t31-,37-,38-,39+/m0/s1. The first-order chi connectivity index (χ1) is 20.3. The second kappa shape index (κ2) is 13.3. The molecule has 0 spiro atoms. The van der Waals surface area contributed by atoms with Crippen LogP contribution in [0.25, 0.3) is 0 Å². The maximum atomic E-state index is 13.3. The molecule has 1 fully saturated rings. The van der Waals surface area contributed by atoms with Gasteiger partial charge in [0, 0.05) is 21.3 Å². The van der Waals surface area contributed by atoms with Crippen molar-refractivity contribution in [2.45, 2.75) is 138 Å². The number of carbonyl (C=O) groups is 2. The summed E-state index contributed by atoms with van der Waals surface area (Å²) < 4.78 is 3.91. The van der Waals surface area contributed by atoms with Gasteiger partial charge in [0.25, 0.3) is 0 Å². The van der Waals surface area contributed by atoms with Gasteiger partial charge in [0.15, 0.2) is 11.6 Å². The van der Waals surface area contributed by atoms with E-state index in [-0.39, 0.29) is 44.8 Å². The fraction of sp³-hybridized carbons (Fsp3) is 0.667. The van der Waals surface area contributed by atoms with Crippen molar-refractivity contribution in [1.82, 2.24) is 4.72 Å². The molecule has 1 aromatic rings. The molecule has 0 saturated heterocycles. The number of rotatable bonds is 13. The number of hydrogen-bond acceptors (Lipinski definition) is 5. The van der Waals surface area contributed by atoms with Gasteiger partial charge in [0.1, 0.15) is 6.07 Å². The number of carbonyl (C=O) groups excluding carboxylic acids is 2. The van der Waals surface area contributed by atoms with Gasteiger partial charge in [-0.1, -0.05) is 98.6 Å². The van der Waals surface area contributed by atoms with Crippen LogP contribution < -0.4 is 4.72 Å². The minimum atomic E-state index is -0.668. The molecule has 2 aliphatic rings. The zero-order valence-electron chi connectivity index (χ0n) is 29.4. The third-order valence-electron chi connectivity index (χ3n) is 11.7. The average molecular weight is 619 g/mol. The fourth-order valence-corrected chi connectivity index (χ4v) is 9.15. The van der Waals surface area contributed by atoms with Crippen molar-refractivity contribution in [3.63, 3.8) is 0 Å². The number of allylic oxidation sites excluding steroid dienone is 4. The second-order valence-corrected chi connectivity index (χ2v) is 17.4. The summed E-state index contributed by atoms with van der Waals surface area (Å²) >= 11 is 1.73. The predicted octanol–water partition coefficient (Wildman–Crippen LogP) is 10.5. The van der Waals surface area contributed by atoms with Crippen LogP contribution in [0.4, 0.5) is 0 Å². The first kappa shape index (κ1) is 36.3. The zero-order chi connectivity index (χ0) is 33.2. The zero-order valence-corrected chi connectivity index (χ0v) is 30.3. The lowest BCUT2D eigenvalue weighted by Gasteiger charge is -2.61. The van der Waals surface area contributed by atoms with Gasteiger partial charge in [-0.3, -0.25) is 14.3 Å². The van der Waals surface area contributed by atoms with E-state index in [9.17, 15) is 14.9 Å². The number of hydrogen-bond donors (Lipinski definition) is 1. The van der Waals surface area contributed by atoms with Crippen LogP contribution >= 0.6 is 11.9 Å². The van der Waals surface area contributed by atoms with E-state index in [1.807, 2.05) is 26.0 Å².